The van der Waals surface area contributed by atoms with Gasteiger partial charge in [-0.1, -0.05) is 6.07 Å². The van der Waals surface area contributed by atoms with Gasteiger partial charge in [0.2, 0.25) is 5.95 Å². The molecule has 1 spiro atoms. The summed E-state index contributed by atoms with van der Waals surface area (Å²) in [4.78, 5) is 28.1. The minimum absolute atomic E-state index is 0.0141. The van der Waals surface area contributed by atoms with Gasteiger partial charge in [0.1, 0.15) is 36.3 Å². The Bertz CT molecular complexity index is 1610. The third-order valence-corrected chi connectivity index (χ3v) is 7.50. The number of nitriles is 1. The minimum Gasteiger partial charge on any atom is -0.495 e. The van der Waals surface area contributed by atoms with E-state index < -0.39 is 0 Å². The van der Waals surface area contributed by atoms with Crippen molar-refractivity contribution in [1.82, 2.24) is 29.6 Å². The van der Waals surface area contributed by atoms with Crippen molar-refractivity contribution in [2.24, 2.45) is 0 Å². The SMILES string of the molecule is COc1cc(C(=O)N2CCOCC23CC3)ccc1Nc1ncc(-c2ccc(C#N)c(OC(C)Cn3cncn3)c2)cn1. The molecule has 1 atom stereocenters. The second-order valence-corrected chi connectivity index (χ2v) is 10.4. The third-order valence-electron chi connectivity index (χ3n) is 7.50. The molecule has 12 heteroatoms. The van der Waals surface area contributed by atoms with Crippen molar-refractivity contribution in [3.63, 3.8) is 0 Å². The van der Waals surface area contributed by atoms with Crippen LogP contribution in [-0.4, -0.2) is 74.1 Å². The van der Waals surface area contributed by atoms with Gasteiger partial charge in [0.15, 0.2) is 0 Å². The van der Waals surface area contributed by atoms with Gasteiger partial charge in [-0.2, -0.15) is 10.4 Å². The zero-order valence-corrected chi connectivity index (χ0v) is 23.4. The highest BCUT2D eigenvalue weighted by Crippen LogP contribution is 2.44. The number of anilines is 2. The number of rotatable bonds is 9. The van der Waals surface area contributed by atoms with Crippen LogP contribution in [0.25, 0.3) is 11.1 Å². The maximum Gasteiger partial charge on any atom is 0.254 e. The zero-order chi connectivity index (χ0) is 29.1. The molecule has 6 rings (SSSR count). The van der Waals surface area contributed by atoms with E-state index >= 15 is 0 Å². The van der Waals surface area contributed by atoms with Crippen LogP contribution in [-0.2, 0) is 11.3 Å². The predicted octanol–water partition coefficient (Wildman–Crippen LogP) is 3.83. The summed E-state index contributed by atoms with van der Waals surface area (Å²) in [6, 6.07) is 12.9. The number of methoxy groups -OCH3 is 1. The summed E-state index contributed by atoms with van der Waals surface area (Å²) < 4.78 is 18.9. The number of hydrogen-bond acceptors (Lipinski definition) is 10. The summed E-state index contributed by atoms with van der Waals surface area (Å²) >= 11 is 0. The van der Waals surface area contributed by atoms with E-state index in [-0.39, 0.29) is 17.6 Å². The largest absolute Gasteiger partial charge is 0.495 e. The molecule has 1 N–H and O–H groups in total. The highest BCUT2D eigenvalue weighted by atomic mass is 16.5. The summed E-state index contributed by atoms with van der Waals surface area (Å²) in [6.45, 7) is 4.14. The quantitative estimate of drug-likeness (QED) is 0.318. The molecule has 1 unspecified atom stereocenters. The molecule has 1 aliphatic carbocycles. The van der Waals surface area contributed by atoms with Crippen molar-refractivity contribution in [3.05, 3.63) is 72.6 Å². The Morgan fingerprint density at radius 2 is 2.00 bits per heavy atom. The molecule has 2 aromatic carbocycles. The monoisotopic (exact) mass is 566 g/mol. The standard InChI is InChI=1S/C30H30N8O4/c1-20(16-37-19-32-18-35-37)42-26-11-21(3-4-23(26)13-31)24-14-33-29(34-15-24)36-25-6-5-22(12-27(25)40-2)28(39)38-9-10-41-17-30(38)7-8-30/h3-6,11-12,14-15,18-20H,7-10,16-17H2,1-2H3,(H,33,34,36). The van der Waals surface area contributed by atoms with Crippen molar-refractivity contribution < 1.29 is 19.0 Å². The maximum atomic E-state index is 13.3. The molecular formula is C30H30N8O4. The first kappa shape index (κ1) is 27.2. The number of aromatic nitrogens is 5. The van der Waals surface area contributed by atoms with Gasteiger partial charge in [0, 0.05) is 30.1 Å². The van der Waals surface area contributed by atoms with Gasteiger partial charge in [-0.05, 0) is 55.7 Å². The van der Waals surface area contributed by atoms with Gasteiger partial charge in [-0.25, -0.2) is 19.6 Å². The van der Waals surface area contributed by atoms with Gasteiger partial charge in [-0.3, -0.25) is 4.79 Å². The Morgan fingerprint density at radius 3 is 2.71 bits per heavy atom. The zero-order valence-electron chi connectivity index (χ0n) is 23.4. The average Bonchev–Trinajstić information content (AvgIpc) is 3.58. The van der Waals surface area contributed by atoms with Crippen molar-refractivity contribution in [3.8, 4) is 28.7 Å². The number of benzene rings is 2. The first-order chi connectivity index (χ1) is 20.5. The normalized spacial score (nSPS) is 16.0. The molecule has 2 aliphatic rings. The number of morpholine rings is 1. The molecule has 4 aromatic rings. The number of nitrogens with zero attached hydrogens (tertiary/aromatic N) is 7. The van der Waals surface area contributed by atoms with Crippen LogP contribution in [0.2, 0.25) is 0 Å². The van der Waals surface area contributed by atoms with Gasteiger partial charge >= 0.3 is 0 Å². The molecule has 12 nitrogen and oxygen atoms in total. The molecule has 2 aromatic heterocycles. The summed E-state index contributed by atoms with van der Waals surface area (Å²) in [5.74, 6) is 1.34. The van der Waals surface area contributed by atoms with Crippen LogP contribution < -0.4 is 14.8 Å². The van der Waals surface area contributed by atoms with Crippen molar-refractivity contribution >= 4 is 17.5 Å². The van der Waals surface area contributed by atoms with E-state index in [1.807, 2.05) is 17.9 Å². The van der Waals surface area contributed by atoms with Crippen molar-refractivity contribution in [2.45, 2.75) is 38.0 Å². The highest BCUT2D eigenvalue weighted by Gasteiger charge is 2.52. The molecule has 214 valence electrons. The Morgan fingerprint density at radius 1 is 1.17 bits per heavy atom. The second-order valence-electron chi connectivity index (χ2n) is 10.4. The van der Waals surface area contributed by atoms with E-state index in [1.54, 1.807) is 60.8 Å². The molecule has 0 bridgehead atoms. The molecule has 42 heavy (non-hydrogen) atoms. The van der Waals surface area contributed by atoms with E-state index in [4.69, 9.17) is 14.2 Å². The first-order valence-corrected chi connectivity index (χ1v) is 13.7. The second kappa shape index (κ2) is 11.5. The summed E-state index contributed by atoms with van der Waals surface area (Å²) in [6.07, 6.45) is 8.18. The number of carbonyl (C=O) groups excluding carboxylic acids is 1. The Labute approximate surface area is 242 Å². The lowest BCUT2D eigenvalue weighted by Gasteiger charge is -2.36. The minimum atomic E-state index is -0.239. The van der Waals surface area contributed by atoms with Crippen LogP contribution in [0, 0.1) is 11.3 Å². The van der Waals surface area contributed by atoms with Crippen molar-refractivity contribution in [1.29, 1.82) is 5.26 Å². The lowest BCUT2D eigenvalue weighted by Crippen LogP contribution is -2.50. The summed E-state index contributed by atoms with van der Waals surface area (Å²) in [5.41, 5.74) is 3.05. The fraction of sp³-hybridized carbons (Fsp3) is 0.333. The van der Waals surface area contributed by atoms with Gasteiger partial charge in [0.05, 0.1) is 43.7 Å². The molecule has 1 aliphatic heterocycles. The smallest absolute Gasteiger partial charge is 0.254 e. The summed E-state index contributed by atoms with van der Waals surface area (Å²) in [7, 11) is 1.56. The fourth-order valence-corrected chi connectivity index (χ4v) is 5.09. The lowest BCUT2D eigenvalue weighted by molar-refractivity contribution is -0.0117. The summed E-state index contributed by atoms with van der Waals surface area (Å²) in [5, 5.41) is 16.9. The predicted molar refractivity (Wildman–Crippen MR) is 152 cm³/mol. The number of amides is 1. The number of ether oxygens (including phenoxy) is 3. The van der Waals surface area contributed by atoms with E-state index in [0.717, 1.165) is 24.0 Å². The average molecular weight is 567 g/mol. The molecular weight excluding hydrogens is 536 g/mol. The van der Waals surface area contributed by atoms with E-state index in [0.29, 0.717) is 60.6 Å². The van der Waals surface area contributed by atoms with Gasteiger partial charge < -0.3 is 24.4 Å². The van der Waals surface area contributed by atoms with Crippen LogP contribution in [0.15, 0.2) is 61.4 Å². The molecule has 0 radical (unpaired) electrons. The lowest BCUT2D eigenvalue weighted by atomic mass is 10.1. The molecule has 2 fully saturated rings. The van der Waals surface area contributed by atoms with Gasteiger partial charge in [-0.15, -0.1) is 0 Å². The van der Waals surface area contributed by atoms with Crippen LogP contribution in [0.3, 0.4) is 0 Å². The number of nitrogens with one attached hydrogen (secondary N) is 1. The molecule has 3 heterocycles. The van der Waals surface area contributed by atoms with Crippen LogP contribution in [0.1, 0.15) is 35.7 Å². The first-order valence-electron chi connectivity index (χ1n) is 13.7. The molecule has 1 saturated heterocycles. The Hall–Kier alpha value is -5.02. The third kappa shape index (κ3) is 5.59. The van der Waals surface area contributed by atoms with E-state index in [9.17, 15) is 10.1 Å². The van der Waals surface area contributed by atoms with Crippen LogP contribution >= 0.6 is 0 Å². The molecule has 1 amide bonds. The molecule has 1 saturated carbocycles. The number of carbonyl (C=O) groups is 1. The Kier molecular flexibility index (Phi) is 7.41. The maximum absolute atomic E-state index is 13.3. The highest BCUT2D eigenvalue weighted by molar-refractivity contribution is 5.96. The van der Waals surface area contributed by atoms with E-state index in [1.165, 1.54) is 6.33 Å². The van der Waals surface area contributed by atoms with Gasteiger partial charge in [0.25, 0.3) is 5.91 Å². The topological polar surface area (TPSA) is 140 Å². The number of hydrogen-bond donors (Lipinski definition) is 1. The van der Waals surface area contributed by atoms with Crippen molar-refractivity contribution in [2.75, 3.05) is 32.2 Å². The van der Waals surface area contributed by atoms with E-state index in [2.05, 4.69) is 31.4 Å². The van der Waals surface area contributed by atoms with Crippen LogP contribution in [0.4, 0.5) is 11.6 Å². The fourth-order valence-electron chi connectivity index (χ4n) is 5.09. The Balaban J connectivity index is 1.15. The van der Waals surface area contributed by atoms with Crippen LogP contribution in [0.5, 0.6) is 11.5 Å².